The maximum absolute atomic E-state index is 13.2. The van der Waals surface area contributed by atoms with Gasteiger partial charge in [-0.3, -0.25) is 4.79 Å². The van der Waals surface area contributed by atoms with E-state index < -0.39 is 0 Å². The second-order valence-corrected chi connectivity index (χ2v) is 6.52. The van der Waals surface area contributed by atoms with Crippen LogP contribution in [0, 0.1) is 5.82 Å². The van der Waals surface area contributed by atoms with E-state index in [1.54, 1.807) is 30.3 Å². The van der Waals surface area contributed by atoms with Gasteiger partial charge in [-0.05, 0) is 36.4 Å². The van der Waals surface area contributed by atoms with E-state index in [1.807, 2.05) is 30.3 Å². The Hall–Kier alpha value is -3.93. The van der Waals surface area contributed by atoms with Gasteiger partial charge < -0.3 is 14.0 Å². The summed E-state index contributed by atoms with van der Waals surface area (Å²) in [6.45, 7) is 0.0909. The topological polar surface area (TPSA) is 61.0 Å². The van der Waals surface area contributed by atoms with Gasteiger partial charge in [-0.25, -0.2) is 4.39 Å². The number of rotatable bonds is 6. The van der Waals surface area contributed by atoms with Crippen molar-refractivity contribution in [3.05, 3.63) is 100 Å². The van der Waals surface area contributed by atoms with Gasteiger partial charge in [0.1, 0.15) is 42.3 Å². The maximum atomic E-state index is 13.2. The van der Waals surface area contributed by atoms with Crippen LogP contribution >= 0.6 is 0 Å². The summed E-state index contributed by atoms with van der Waals surface area (Å²) >= 11 is 0. The molecule has 0 saturated heterocycles. The Labute approximate surface area is 172 Å². The summed E-state index contributed by atoms with van der Waals surface area (Å²) in [4.78, 5) is 17.4. The van der Waals surface area contributed by atoms with E-state index >= 15 is 0 Å². The van der Waals surface area contributed by atoms with Crippen LogP contribution in [0.15, 0.2) is 93.2 Å². The lowest BCUT2D eigenvalue weighted by Gasteiger charge is -2.10. The van der Waals surface area contributed by atoms with E-state index in [1.165, 1.54) is 25.3 Å². The molecule has 0 fully saturated rings. The van der Waals surface area contributed by atoms with Crippen LogP contribution in [0.4, 0.5) is 4.39 Å². The number of halogens is 1. The van der Waals surface area contributed by atoms with Crippen LogP contribution in [0.25, 0.3) is 22.3 Å². The van der Waals surface area contributed by atoms with Gasteiger partial charge in [0.25, 0.3) is 0 Å². The van der Waals surface area contributed by atoms with E-state index in [0.717, 1.165) is 5.56 Å². The lowest BCUT2D eigenvalue weighted by molar-refractivity contribution is 0.210. The van der Waals surface area contributed by atoms with Gasteiger partial charge >= 0.3 is 0 Å². The number of hydrogen-bond acceptors (Lipinski definition) is 5. The van der Waals surface area contributed by atoms with Gasteiger partial charge in [-0.2, -0.15) is 0 Å². The molecule has 150 valence electrons. The fraction of sp³-hybridized carbons (Fsp3) is 0.0833. The molecule has 30 heavy (non-hydrogen) atoms. The molecule has 0 amide bonds. The smallest absolute Gasteiger partial charge is 0.193 e. The van der Waals surface area contributed by atoms with E-state index in [2.05, 4.69) is 5.16 Å². The minimum Gasteiger partial charge on any atom is -0.487 e. The van der Waals surface area contributed by atoms with Crippen LogP contribution in [0.5, 0.6) is 5.75 Å². The molecular weight excluding hydrogens is 385 g/mol. The first kappa shape index (κ1) is 19.4. The highest BCUT2D eigenvalue weighted by atomic mass is 19.1. The summed E-state index contributed by atoms with van der Waals surface area (Å²) in [5, 5.41) is 4.43. The molecule has 0 aliphatic rings. The van der Waals surface area contributed by atoms with E-state index in [4.69, 9.17) is 14.0 Å². The van der Waals surface area contributed by atoms with Gasteiger partial charge in [-0.15, -0.1) is 0 Å². The maximum Gasteiger partial charge on any atom is 0.193 e. The first-order chi connectivity index (χ1) is 14.6. The summed E-state index contributed by atoms with van der Waals surface area (Å²) in [6.07, 6.45) is 0. The first-order valence-electron chi connectivity index (χ1n) is 9.26. The number of nitrogens with zero attached hydrogens (tertiary/aromatic N) is 1. The molecule has 1 heterocycles. The van der Waals surface area contributed by atoms with Gasteiger partial charge in [0.2, 0.25) is 0 Å². The van der Waals surface area contributed by atoms with E-state index in [9.17, 15) is 9.18 Å². The Kier molecular flexibility index (Phi) is 5.57. The predicted molar refractivity (Wildman–Crippen MR) is 113 cm³/mol. The quantitative estimate of drug-likeness (QED) is 0.335. The van der Waals surface area contributed by atoms with Crippen LogP contribution in [0.2, 0.25) is 0 Å². The van der Waals surface area contributed by atoms with Crippen molar-refractivity contribution in [3.8, 4) is 17.1 Å². The summed E-state index contributed by atoms with van der Waals surface area (Å²) in [5.41, 5.74) is 2.28. The largest absolute Gasteiger partial charge is 0.487 e. The molecular formula is C24H18FNO4. The van der Waals surface area contributed by atoms with Crippen molar-refractivity contribution in [2.45, 2.75) is 0 Å². The summed E-state index contributed by atoms with van der Waals surface area (Å²) in [7, 11) is 1.43. The molecule has 6 heteroatoms. The number of ether oxygens (including phenoxy) is 1. The average Bonchev–Trinajstić information content (AvgIpc) is 2.77. The zero-order valence-corrected chi connectivity index (χ0v) is 16.2. The molecule has 1 aromatic heterocycles. The third-order valence-electron chi connectivity index (χ3n) is 4.51. The minimum atomic E-state index is -0.338. The zero-order chi connectivity index (χ0) is 20.9. The Balaban J connectivity index is 1.62. The fourth-order valence-corrected chi connectivity index (χ4v) is 3.04. The van der Waals surface area contributed by atoms with Crippen LogP contribution in [-0.4, -0.2) is 19.4 Å². The van der Waals surface area contributed by atoms with Crippen molar-refractivity contribution < 1.29 is 18.4 Å². The number of hydrogen-bond donors (Lipinski definition) is 0. The van der Waals surface area contributed by atoms with Crippen molar-refractivity contribution in [1.29, 1.82) is 0 Å². The number of benzene rings is 3. The molecule has 0 unspecified atom stereocenters. The molecule has 0 N–H and O–H groups in total. The lowest BCUT2D eigenvalue weighted by Crippen LogP contribution is -2.13. The van der Waals surface area contributed by atoms with Crippen LogP contribution in [-0.2, 0) is 4.84 Å². The van der Waals surface area contributed by atoms with Crippen LogP contribution in [0.1, 0.15) is 5.56 Å². The Morgan fingerprint density at radius 2 is 1.77 bits per heavy atom. The molecule has 3 aromatic carbocycles. The average molecular weight is 403 g/mol. The third-order valence-corrected chi connectivity index (χ3v) is 4.51. The molecule has 0 radical (unpaired) electrons. The second kappa shape index (κ2) is 8.61. The molecule has 0 aliphatic heterocycles. The Bertz CT molecular complexity index is 1250. The first-order valence-corrected chi connectivity index (χ1v) is 9.26. The summed E-state index contributed by atoms with van der Waals surface area (Å²) < 4.78 is 25.0. The summed E-state index contributed by atoms with van der Waals surface area (Å²) in [6, 6.07) is 21.8. The molecule has 4 aromatic rings. The molecule has 4 rings (SSSR count). The van der Waals surface area contributed by atoms with Crippen LogP contribution in [0.3, 0.4) is 0 Å². The molecule has 0 atom stereocenters. The zero-order valence-electron chi connectivity index (χ0n) is 16.2. The highest BCUT2D eigenvalue weighted by molar-refractivity contribution is 6.01. The highest BCUT2D eigenvalue weighted by Gasteiger charge is 2.10. The van der Waals surface area contributed by atoms with E-state index in [-0.39, 0.29) is 17.9 Å². The molecule has 0 saturated carbocycles. The van der Waals surface area contributed by atoms with Crippen molar-refractivity contribution in [1.82, 2.24) is 0 Å². The predicted octanol–water partition coefficient (Wildman–Crippen LogP) is 5.03. The molecule has 0 spiro atoms. The minimum absolute atomic E-state index is 0.0909. The van der Waals surface area contributed by atoms with Crippen LogP contribution < -0.4 is 10.2 Å². The van der Waals surface area contributed by atoms with Crippen molar-refractivity contribution >= 4 is 16.7 Å². The summed E-state index contributed by atoms with van der Waals surface area (Å²) in [5.74, 6) is 0.648. The van der Waals surface area contributed by atoms with E-state index in [0.29, 0.717) is 33.8 Å². The highest BCUT2D eigenvalue weighted by Crippen LogP contribution is 2.25. The second-order valence-electron chi connectivity index (χ2n) is 6.52. The molecule has 0 bridgehead atoms. The van der Waals surface area contributed by atoms with Crippen molar-refractivity contribution in [3.63, 3.8) is 0 Å². The van der Waals surface area contributed by atoms with Crippen molar-refractivity contribution in [2.24, 2.45) is 5.16 Å². The molecule has 5 nitrogen and oxygen atoms in total. The molecule has 0 aliphatic carbocycles. The van der Waals surface area contributed by atoms with Gasteiger partial charge in [0, 0.05) is 23.3 Å². The fourth-order valence-electron chi connectivity index (χ4n) is 3.04. The van der Waals surface area contributed by atoms with Gasteiger partial charge in [0.05, 0.1) is 5.39 Å². The lowest BCUT2D eigenvalue weighted by atomic mass is 10.1. The van der Waals surface area contributed by atoms with Gasteiger partial charge in [0.15, 0.2) is 5.43 Å². The number of oxime groups is 1. The monoisotopic (exact) mass is 403 g/mol. The Morgan fingerprint density at radius 1 is 1.00 bits per heavy atom. The number of fused-ring (bicyclic) bond motifs is 1. The normalized spacial score (nSPS) is 11.5. The van der Waals surface area contributed by atoms with Crippen molar-refractivity contribution in [2.75, 3.05) is 13.7 Å². The standard InChI is InChI=1S/C24H18FNO4/c1-28-26-21(16-7-9-18(25)10-8-16)15-29-19-11-12-20-22(27)14-23(30-24(20)13-19)17-5-3-2-4-6-17/h2-14H,15H2,1H3/b26-21-. The SMILES string of the molecule is CO/N=C(/COc1ccc2c(=O)cc(-c3ccccc3)oc2c1)c1ccc(F)cc1. The Morgan fingerprint density at radius 3 is 2.50 bits per heavy atom. The third kappa shape index (κ3) is 4.22. The van der Waals surface area contributed by atoms with Gasteiger partial charge in [-0.1, -0.05) is 35.5 Å².